The standard InChI is InChI=1S/C22H28FN3O.3ClH/c23-18-7-5-17(6-8-18)22-13-16(15-27-22)14-26-11-9-19(10-12-26)25-21-4-2-1-3-20(21)24;;;/h1-8,16,19,22,25H,9-15,24H2;3*1H/t16-,22+;;;/m0.../s1. The maximum Gasteiger partial charge on any atom is 0.123 e. The highest BCUT2D eigenvalue weighted by Crippen LogP contribution is 2.33. The van der Waals surface area contributed by atoms with E-state index in [4.69, 9.17) is 10.5 Å². The van der Waals surface area contributed by atoms with Gasteiger partial charge >= 0.3 is 0 Å². The predicted molar refractivity (Wildman–Crippen MR) is 129 cm³/mol. The van der Waals surface area contributed by atoms with Gasteiger partial charge in [0.25, 0.3) is 0 Å². The SMILES string of the molecule is Cl.Cl.Cl.Nc1ccccc1NC1CCN(C[C@H]2CO[C@@H](c3ccc(F)cc3)C2)CC1. The second-order valence-corrected chi connectivity index (χ2v) is 7.78. The van der Waals surface area contributed by atoms with E-state index in [0.29, 0.717) is 12.0 Å². The second kappa shape index (κ2) is 12.6. The van der Waals surface area contributed by atoms with Gasteiger partial charge in [-0.1, -0.05) is 24.3 Å². The zero-order chi connectivity index (χ0) is 18.6. The molecule has 4 rings (SSSR count). The molecule has 2 saturated heterocycles. The van der Waals surface area contributed by atoms with Crippen molar-refractivity contribution in [3.8, 4) is 0 Å². The van der Waals surface area contributed by atoms with Gasteiger partial charge in [-0.25, -0.2) is 4.39 Å². The zero-order valence-corrected chi connectivity index (χ0v) is 19.3. The summed E-state index contributed by atoms with van der Waals surface area (Å²) in [6, 6.07) is 15.2. The summed E-state index contributed by atoms with van der Waals surface area (Å²) in [4.78, 5) is 2.55. The summed E-state index contributed by atoms with van der Waals surface area (Å²) in [6.45, 7) is 4.07. The number of ether oxygens (including phenoxy) is 1. The lowest BCUT2D eigenvalue weighted by molar-refractivity contribution is 0.102. The van der Waals surface area contributed by atoms with Crippen LogP contribution in [0.1, 0.15) is 30.9 Å². The molecule has 2 fully saturated rings. The van der Waals surface area contributed by atoms with Crippen LogP contribution in [0.3, 0.4) is 0 Å². The first-order chi connectivity index (χ1) is 13.2. The van der Waals surface area contributed by atoms with Crippen molar-refractivity contribution in [1.82, 2.24) is 4.90 Å². The molecule has 0 spiro atoms. The minimum Gasteiger partial charge on any atom is -0.397 e. The summed E-state index contributed by atoms with van der Waals surface area (Å²) in [5, 5.41) is 3.59. The van der Waals surface area contributed by atoms with E-state index in [1.807, 2.05) is 36.4 Å². The number of nitrogen functional groups attached to an aromatic ring is 1. The average molecular weight is 479 g/mol. The van der Waals surface area contributed by atoms with Gasteiger partial charge in [-0.2, -0.15) is 0 Å². The fourth-order valence-corrected chi connectivity index (χ4v) is 4.20. The molecule has 2 heterocycles. The summed E-state index contributed by atoms with van der Waals surface area (Å²) < 4.78 is 19.1. The number of halogens is 4. The topological polar surface area (TPSA) is 50.5 Å². The Bertz CT molecular complexity index is 758. The fraction of sp³-hybridized carbons (Fsp3) is 0.455. The van der Waals surface area contributed by atoms with Crippen molar-refractivity contribution in [2.45, 2.75) is 31.4 Å². The van der Waals surface area contributed by atoms with E-state index in [-0.39, 0.29) is 49.1 Å². The molecule has 2 aromatic rings. The highest BCUT2D eigenvalue weighted by atomic mass is 35.5. The van der Waals surface area contributed by atoms with Gasteiger partial charge in [0.1, 0.15) is 5.82 Å². The van der Waals surface area contributed by atoms with Gasteiger partial charge in [0.15, 0.2) is 0 Å². The second-order valence-electron chi connectivity index (χ2n) is 7.78. The molecule has 0 bridgehead atoms. The Hall–Kier alpha value is -1.24. The Morgan fingerprint density at radius 3 is 2.33 bits per heavy atom. The highest BCUT2D eigenvalue weighted by molar-refractivity contribution is 5.86. The van der Waals surface area contributed by atoms with Crippen molar-refractivity contribution in [2.24, 2.45) is 5.92 Å². The van der Waals surface area contributed by atoms with E-state index in [1.165, 1.54) is 12.1 Å². The van der Waals surface area contributed by atoms with Crippen LogP contribution in [0.15, 0.2) is 48.5 Å². The third kappa shape index (κ3) is 6.89. The van der Waals surface area contributed by atoms with Crippen molar-refractivity contribution < 1.29 is 9.13 Å². The van der Waals surface area contributed by atoms with Gasteiger partial charge < -0.3 is 20.7 Å². The third-order valence-electron chi connectivity index (χ3n) is 5.75. The van der Waals surface area contributed by atoms with Gasteiger partial charge in [-0.3, -0.25) is 0 Å². The molecule has 168 valence electrons. The number of piperidine rings is 1. The Balaban J connectivity index is 0.00000150. The molecule has 4 nitrogen and oxygen atoms in total. The zero-order valence-electron chi connectivity index (χ0n) is 16.8. The fourth-order valence-electron chi connectivity index (χ4n) is 4.20. The number of rotatable bonds is 5. The summed E-state index contributed by atoms with van der Waals surface area (Å²) >= 11 is 0. The van der Waals surface area contributed by atoms with E-state index in [9.17, 15) is 4.39 Å². The summed E-state index contributed by atoms with van der Waals surface area (Å²) in [7, 11) is 0. The maximum atomic E-state index is 13.1. The van der Waals surface area contributed by atoms with E-state index >= 15 is 0 Å². The lowest BCUT2D eigenvalue weighted by Crippen LogP contribution is -2.41. The quantitative estimate of drug-likeness (QED) is 0.571. The molecule has 2 aliphatic heterocycles. The molecule has 2 atom stereocenters. The lowest BCUT2D eigenvalue weighted by Gasteiger charge is -2.34. The van der Waals surface area contributed by atoms with E-state index in [1.54, 1.807) is 0 Å². The van der Waals surface area contributed by atoms with E-state index in [0.717, 1.165) is 62.4 Å². The number of nitrogens with zero attached hydrogens (tertiary/aromatic N) is 1. The average Bonchev–Trinajstić information content (AvgIpc) is 3.14. The number of nitrogens with one attached hydrogen (secondary N) is 1. The van der Waals surface area contributed by atoms with Crippen molar-refractivity contribution in [3.63, 3.8) is 0 Å². The number of nitrogens with two attached hydrogens (primary N) is 1. The van der Waals surface area contributed by atoms with Crippen LogP contribution < -0.4 is 11.1 Å². The first kappa shape index (κ1) is 26.8. The largest absolute Gasteiger partial charge is 0.397 e. The molecule has 0 amide bonds. The monoisotopic (exact) mass is 477 g/mol. The normalized spacial score (nSPS) is 21.8. The number of benzene rings is 2. The van der Waals surface area contributed by atoms with Crippen molar-refractivity contribution in [2.75, 3.05) is 37.3 Å². The molecule has 0 unspecified atom stereocenters. The van der Waals surface area contributed by atoms with Gasteiger partial charge in [0.2, 0.25) is 0 Å². The molecular formula is C22H31Cl3FN3O. The number of hydrogen-bond acceptors (Lipinski definition) is 4. The van der Waals surface area contributed by atoms with Crippen LogP contribution in [0, 0.1) is 11.7 Å². The van der Waals surface area contributed by atoms with Crippen LogP contribution in [0.4, 0.5) is 15.8 Å². The van der Waals surface area contributed by atoms with Gasteiger partial charge in [-0.05, 0) is 55.0 Å². The summed E-state index contributed by atoms with van der Waals surface area (Å²) in [6.07, 6.45) is 3.38. The number of anilines is 2. The van der Waals surface area contributed by atoms with Gasteiger partial charge in [-0.15, -0.1) is 37.2 Å². The van der Waals surface area contributed by atoms with Crippen LogP contribution in [0.2, 0.25) is 0 Å². The van der Waals surface area contributed by atoms with Crippen molar-refractivity contribution >= 4 is 48.6 Å². The Morgan fingerprint density at radius 1 is 1.00 bits per heavy atom. The van der Waals surface area contributed by atoms with Crippen LogP contribution in [-0.2, 0) is 4.74 Å². The number of likely N-dealkylation sites (tertiary alicyclic amines) is 1. The first-order valence-corrected chi connectivity index (χ1v) is 9.88. The molecule has 2 aromatic carbocycles. The molecule has 3 N–H and O–H groups in total. The number of para-hydroxylation sites is 2. The third-order valence-corrected chi connectivity index (χ3v) is 5.75. The minimum absolute atomic E-state index is 0. The Kier molecular flexibility index (Phi) is 11.2. The summed E-state index contributed by atoms with van der Waals surface area (Å²) in [5.41, 5.74) is 8.98. The van der Waals surface area contributed by atoms with Gasteiger partial charge in [0, 0.05) is 25.7 Å². The molecule has 0 radical (unpaired) electrons. The highest BCUT2D eigenvalue weighted by Gasteiger charge is 2.29. The lowest BCUT2D eigenvalue weighted by atomic mass is 9.98. The smallest absolute Gasteiger partial charge is 0.123 e. The Morgan fingerprint density at radius 2 is 1.67 bits per heavy atom. The molecule has 0 aromatic heterocycles. The van der Waals surface area contributed by atoms with E-state index in [2.05, 4.69) is 10.2 Å². The minimum atomic E-state index is -0.193. The molecule has 30 heavy (non-hydrogen) atoms. The van der Waals surface area contributed by atoms with Crippen LogP contribution in [0.25, 0.3) is 0 Å². The Labute approximate surface area is 197 Å². The number of hydrogen-bond donors (Lipinski definition) is 2. The van der Waals surface area contributed by atoms with E-state index < -0.39 is 0 Å². The van der Waals surface area contributed by atoms with Crippen molar-refractivity contribution in [1.29, 1.82) is 0 Å². The van der Waals surface area contributed by atoms with Crippen LogP contribution >= 0.6 is 37.2 Å². The molecular weight excluding hydrogens is 448 g/mol. The predicted octanol–water partition coefficient (Wildman–Crippen LogP) is 5.33. The molecule has 0 aliphatic carbocycles. The van der Waals surface area contributed by atoms with Gasteiger partial charge in [0.05, 0.1) is 24.1 Å². The van der Waals surface area contributed by atoms with Crippen LogP contribution in [-0.4, -0.2) is 37.2 Å². The van der Waals surface area contributed by atoms with Crippen LogP contribution in [0.5, 0.6) is 0 Å². The molecule has 2 aliphatic rings. The van der Waals surface area contributed by atoms with Crippen molar-refractivity contribution in [3.05, 3.63) is 59.9 Å². The summed E-state index contributed by atoms with van der Waals surface area (Å²) in [5.74, 6) is 0.358. The maximum absolute atomic E-state index is 13.1. The molecule has 0 saturated carbocycles. The first-order valence-electron chi connectivity index (χ1n) is 9.88. The molecule has 8 heteroatoms.